The monoisotopic (exact) mass is 822 g/mol. The molecule has 0 aromatic heterocycles. The largest absolute Gasteiger partial charge is 0.320 e. The van der Waals surface area contributed by atoms with Crippen molar-refractivity contribution in [2.45, 2.75) is 0 Å². The molecule has 0 saturated heterocycles. The normalized spacial score (nSPS) is 14.0. The lowest BCUT2D eigenvalue weighted by atomic mass is 10.1. The second kappa shape index (κ2) is 14.9. The average Bonchev–Trinajstić information content (AvgIpc) is 3.35. The molecule has 0 bridgehead atoms. The smallest absolute Gasteiger partial charge is 0.212 e. The van der Waals surface area contributed by atoms with E-state index in [1.807, 2.05) is 0 Å². The maximum absolute atomic E-state index is 11.1. The predicted molar refractivity (Wildman–Crippen MR) is 261 cm³/mol. The maximum Gasteiger partial charge on any atom is 0.212 e. The number of nitrogens with zero attached hydrogens (tertiary/aromatic N) is 4. The Balaban J connectivity index is 1.20. The quantitative estimate of drug-likeness (QED) is 0.125. The highest BCUT2D eigenvalue weighted by atomic mass is 28.3. The number of hydrogen-bond acceptors (Lipinski definition) is 3. The lowest BCUT2D eigenvalue weighted by Gasteiger charge is -2.46. The predicted octanol–water partition coefficient (Wildman–Crippen LogP) is 8.43. The minimum absolute atomic E-state index is 0.416. The molecule has 0 amide bonds. The van der Waals surface area contributed by atoms with Crippen LogP contribution in [0.15, 0.2) is 231 Å². The summed E-state index contributed by atoms with van der Waals surface area (Å²) in [5, 5.41) is 21.2. The van der Waals surface area contributed by atoms with E-state index in [0.717, 1.165) is 34.1 Å². The van der Waals surface area contributed by atoms with Gasteiger partial charge in [0.2, 0.25) is 5.69 Å². The van der Waals surface area contributed by atoms with Crippen LogP contribution in [0, 0.1) is 17.9 Å². The van der Waals surface area contributed by atoms with Crippen molar-refractivity contribution in [3.8, 4) is 6.07 Å². The Morgan fingerprint density at radius 1 is 0.355 bits per heavy atom. The van der Waals surface area contributed by atoms with Crippen LogP contribution >= 0.6 is 0 Å². The second-order valence-corrected chi connectivity index (χ2v) is 23.2. The number of rotatable bonds is 6. The van der Waals surface area contributed by atoms with Gasteiger partial charge < -0.3 is 9.80 Å². The molecule has 9 aromatic rings. The third-order valence-electron chi connectivity index (χ3n) is 12.8. The van der Waals surface area contributed by atoms with Gasteiger partial charge in [0.15, 0.2) is 16.1 Å². The Labute approximate surface area is 364 Å². The third-order valence-corrected chi connectivity index (χ3v) is 22.6. The van der Waals surface area contributed by atoms with Gasteiger partial charge in [0.05, 0.1) is 29.6 Å². The molecule has 0 atom stereocenters. The summed E-state index contributed by atoms with van der Waals surface area (Å²) < 4.78 is 0. The van der Waals surface area contributed by atoms with E-state index >= 15 is 0 Å². The molecule has 9 aromatic carbocycles. The molecule has 11 rings (SSSR count). The number of para-hydroxylation sites is 4. The minimum Gasteiger partial charge on any atom is -0.320 e. The first-order valence-corrected chi connectivity index (χ1v) is 24.9. The van der Waals surface area contributed by atoms with Crippen LogP contribution < -0.4 is 51.3 Å². The summed E-state index contributed by atoms with van der Waals surface area (Å²) in [6.45, 7) is 8.67. The summed E-state index contributed by atoms with van der Waals surface area (Å²) in [5.41, 5.74) is 6.44. The lowest BCUT2D eigenvalue weighted by Crippen LogP contribution is -2.77. The standard InChI is InChI=1S/C56H38N4Si2/c1-58-46-38-41(40-57)51(59-47-30-14-18-34-53(47)61(42-22-6-2-7-23-42,43-24-8-3-9-25-43)54-35-19-15-31-48(54)59)39-52(46)60-49-32-16-20-36-55(49)62(44-26-10-4-11-27-44,45-28-12-5-13-29-45)56-37-21-17-33-50(56)60/h2-39H. The molecular weight excluding hydrogens is 785 g/mol. The van der Waals surface area contributed by atoms with Crippen LogP contribution in [0.4, 0.5) is 39.8 Å². The average molecular weight is 823 g/mol. The Kier molecular flexibility index (Phi) is 8.91. The van der Waals surface area contributed by atoms with Crippen molar-refractivity contribution in [3.05, 3.63) is 248 Å². The molecule has 62 heavy (non-hydrogen) atoms. The highest BCUT2D eigenvalue weighted by Gasteiger charge is 2.51. The molecule has 0 aliphatic carbocycles. The van der Waals surface area contributed by atoms with Gasteiger partial charge in [-0.1, -0.05) is 194 Å². The van der Waals surface area contributed by atoms with Crippen molar-refractivity contribution >= 4 is 97.5 Å². The zero-order valence-corrected chi connectivity index (χ0v) is 35.7. The summed E-state index contributed by atoms with van der Waals surface area (Å²) in [7, 11) is -5.79. The molecule has 2 aliphatic heterocycles. The van der Waals surface area contributed by atoms with Crippen molar-refractivity contribution in [2.75, 3.05) is 9.80 Å². The van der Waals surface area contributed by atoms with Gasteiger partial charge in [-0.2, -0.15) is 5.26 Å². The first-order valence-electron chi connectivity index (χ1n) is 20.9. The van der Waals surface area contributed by atoms with Crippen molar-refractivity contribution in [3.63, 3.8) is 0 Å². The van der Waals surface area contributed by atoms with Gasteiger partial charge in [0.1, 0.15) is 0 Å². The number of fused-ring (bicyclic) bond motifs is 4. The summed E-state index contributed by atoms with van der Waals surface area (Å²) in [5.74, 6) is 0. The topological polar surface area (TPSA) is 34.6 Å². The Morgan fingerprint density at radius 2 is 0.645 bits per heavy atom. The van der Waals surface area contributed by atoms with Crippen LogP contribution in [0.5, 0.6) is 0 Å². The highest BCUT2D eigenvalue weighted by molar-refractivity contribution is 7.22. The second-order valence-electron chi connectivity index (χ2n) is 15.8. The maximum atomic E-state index is 11.1. The molecule has 2 aliphatic rings. The molecule has 0 unspecified atom stereocenters. The fourth-order valence-electron chi connectivity index (χ4n) is 10.5. The van der Waals surface area contributed by atoms with E-state index in [1.165, 1.54) is 41.5 Å². The summed E-state index contributed by atoms with van der Waals surface area (Å²) in [6, 6.07) is 85.3. The van der Waals surface area contributed by atoms with Gasteiger partial charge in [0, 0.05) is 22.7 Å². The molecule has 0 radical (unpaired) electrons. The van der Waals surface area contributed by atoms with Gasteiger partial charge >= 0.3 is 0 Å². The molecule has 2 heterocycles. The fraction of sp³-hybridized carbons (Fsp3) is 0. The number of hydrogen-bond donors (Lipinski definition) is 0. The van der Waals surface area contributed by atoms with Gasteiger partial charge in [-0.15, -0.1) is 0 Å². The van der Waals surface area contributed by atoms with Gasteiger partial charge in [-0.05, 0) is 77.9 Å². The van der Waals surface area contributed by atoms with E-state index < -0.39 is 16.1 Å². The molecular formula is C56H38N4Si2. The van der Waals surface area contributed by atoms with Crippen LogP contribution in [0.3, 0.4) is 0 Å². The fourth-order valence-corrected chi connectivity index (χ4v) is 20.7. The molecule has 6 heteroatoms. The van der Waals surface area contributed by atoms with E-state index in [0.29, 0.717) is 11.3 Å². The van der Waals surface area contributed by atoms with Gasteiger partial charge in [-0.25, -0.2) is 4.85 Å². The zero-order chi connectivity index (χ0) is 41.7. The minimum atomic E-state index is -2.90. The number of anilines is 6. The Morgan fingerprint density at radius 3 is 0.952 bits per heavy atom. The third kappa shape index (κ3) is 5.28. The molecule has 4 nitrogen and oxygen atoms in total. The molecule has 0 fully saturated rings. The van der Waals surface area contributed by atoms with Crippen molar-refractivity contribution < 1.29 is 0 Å². The summed E-state index contributed by atoms with van der Waals surface area (Å²) >= 11 is 0. The van der Waals surface area contributed by atoms with Crippen LogP contribution in [0.1, 0.15) is 5.56 Å². The van der Waals surface area contributed by atoms with Crippen LogP contribution in [-0.4, -0.2) is 16.1 Å². The molecule has 0 spiro atoms. The first kappa shape index (κ1) is 37.0. The van der Waals surface area contributed by atoms with E-state index in [-0.39, 0.29) is 0 Å². The van der Waals surface area contributed by atoms with Crippen molar-refractivity contribution in [1.29, 1.82) is 5.26 Å². The van der Waals surface area contributed by atoms with Crippen molar-refractivity contribution in [1.82, 2.24) is 0 Å². The van der Waals surface area contributed by atoms with E-state index in [1.54, 1.807) is 6.07 Å². The first-order chi connectivity index (χ1) is 30.7. The Hall–Kier alpha value is -8.01. The van der Waals surface area contributed by atoms with E-state index in [9.17, 15) is 5.26 Å². The van der Waals surface area contributed by atoms with Crippen molar-refractivity contribution in [2.24, 2.45) is 0 Å². The lowest BCUT2D eigenvalue weighted by molar-refractivity contribution is 1.25. The van der Waals surface area contributed by atoms with Crippen LogP contribution in [-0.2, 0) is 0 Å². The summed E-state index contributed by atoms with van der Waals surface area (Å²) in [4.78, 5) is 8.76. The van der Waals surface area contributed by atoms with Crippen LogP contribution in [0.2, 0.25) is 0 Å². The number of nitriles is 1. The molecule has 0 N–H and O–H groups in total. The van der Waals surface area contributed by atoms with Gasteiger partial charge in [-0.3, -0.25) is 0 Å². The summed E-state index contributed by atoms with van der Waals surface area (Å²) in [6.07, 6.45) is 0. The van der Waals surface area contributed by atoms with Gasteiger partial charge in [0.25, 0.3) is 0 Å². The van der Waals surface area contributed by atoms with Crippen LogP contribution in [0.25, 0.3) is 4.85 Å². The highest BCUT2D eigenvalue weighted by Crippen LogP contribution is 2.48. The SMILES string of the molecule is [C-]#[N+]c1cc(C#N)c(N2c3ccccc3[Si](c3ccccc3)(c3ccccc3)c3ccccc32)cc1N1c2ccccc2[Si](c2ccccc2)(c2ccccc2)c2ccccc21. The zero-order valence-electron chi connectivity index (χ0n) is 33.7. The van der Waals surface area contributed by atoms with E-state index in [4.69, 9.17) is 6.57 Å². The Bertz CT molecular complexity index is 2840. The molecule has 290 valence electrons. The molecule has 0 saturated carbocycles. The van der Waals surface area contributed by atoms with E-state index in [2.05, 4.69) is 245 Å². The number of benzene rings is 9.